The highest BCUT2D eigenvalue weighted by Gasteiger charge is 2.29. The van der Waals surface area contributed by atoms with Gasteiger partial charge in [-0.05, 0) is 55.7 Å². The highest BCUT2D eigenvalue weighted by molar-refractivity contribution is 7.89. The van der Waals surface area contributed by atoms with Crippen molar-refractivity contribution in [1.82, 2.24) is 4.31 Å². The summed E-state index contributed by atoms with van der Waals surface area (Å²) in [6.07, 6.45) is 1.68. The normalized spacial score (nSPS) is 14.6. The predicted molar refractivity (Wildman–Crippen MR) is 105 cm³/mol. The molecule has 0 saturated carbocycles. The number of methoxy groups -OCH3 is 1. The van der Waals surface area contributed by atoms with Crippen LogP contribution in [0.15, 0.2) is 47.4 Å². The van der Waals surface area contributed by atoms with Crippen molar-refractivity contribution < 1.29 is 22.7 Å². The number of hydrogen-bond donors (Lipinski definition) is 1. The molecule has 0 spiro atoms. The van der Waals surface area contributed by atoms with E-state index in [1.165, 1.54) is 23.5 Å². The number of rotatable bonds is 5. The molecular formula is C20H22N2O5S. The molecule has 148 valence electrons. The molecule has 0 atom stereocenters. The van der Waals surface area contributed by atoms with Gasteiger partial charge in [0, 0.05) is 24.3 Å². The third-order valence-electron chi connectivity index (χ3n) is 4.67. The van der Waals surface area contributed by atoms with E-state index in [9.17, 15) is 18.0 Å². The Kier molecular flexibility index (Phi) is 5.81. The van der Waals surface area contributed by atoms with Crippen molar-refractivity contribution >= 4 is 27.6 Å². The largest absolute Gasteiger partial charge is 0.465 e. The number of esters is 1. The molecule has 2 aromatic carbocycles. The number of carbonyl (C=O) groups excluding carboxylic acids is 2. The predicted octanol–water partition coefficient (Wildman–Crippen LogP) is 2.82. The number of ether oxygens (including phenoxy) is 1. The van der Waals surface area contributed by atoms with Crippen LogP contribution in [0.4, 0.5) is 5.69 Å². The first kappa shape index (κ1) is 20.0. The minimum atomic E-state index is -3.63. The Balaban J connectivity index is 1.86. The minimum absolute atomic E-state index is 0.144. The smallest absolute Gasteiger partial charge is 0.337 e. The number of amides is 1. The summed E-state index contributed by atoms with van der Waals surface area (Å²) in [7, 11) is -2.35. The molecular weight excluding hydrogens is 380 g/mol. The van der Waals surface area contributed by atoms with E-state index in [2.05, 4.69) is 10.1 Å². The van der Waals surface area contributed by atoms with Gasteiger partial charge in [-0.1, -0.05) is 12.1 Å². The van der Waals surface area contributed by atoms with Gasteiger partial charge in [0.15, 0.2) is 0 Å². The average Bonchev–Trinajstić information content (AvgIpc) is 3.23. The second-order valence-electron chi connectivity index (χ2n) is 6.62. The Bertz CT molecular complexity index is 1010. The van der Waals surface area contributed by atoms with Crippen molar-refractivity contribution in [3.05, 3.63) is 59.2 Å². The minimum Gasteiger partial charge on any atom is -0.465 e. The van der Waals surface area contributed by atoms with Crippen LogP contribution in [0.1, 0.15) is 39.1 Å². The molecule has 1 amide bonds. The number of nitrogens with zero attached hydrogens (tertiary/aromatic N) is 1. The number of carbonyl (C=O) groups is 2. The second-order valence-corrected chi connectivity index (χ2v) is 8.52. The zero-order valence-corrected chi connectivity index (χ0v) is 16.6. The monoisotopic (exact) mass is 402 g/mol. The first-order valence-corrected chi connectivity index (χ1v) is 10.4. The van der Waals surface area contributed by atoms with Gasteiger partial charge in [0.2, 0.25) is 10.0 Å². The third-order valence-corrected chi connectivity index (χ3v) is 6.72. The lowest BCUT2D eigenvalue weighted by atomic mass is 10.1. The van der Waals surface area contributed by atoms with Gasteiger partial charge in [-0.15, -0.1) is 0 Å². The molecule has 3 rings (SSSR count). The molecule has 8 heteroatoms. The summed E-state index contributed by atoms with van der Waals surface area (Å²) in [6.45, 7) is 2.71. The number of nitrogens with one attached hydrogen (secondary N) is 1. The zero-order chi connectivity index (χ0) is 20.3. The van der Waals surface area contributed by atoms with Crippen LogP contribution >= 0.6 is 0 Å². The molecule has 1 heterocycles. The quantitative estimate of drug-likeness (QED) is 0.777. The van der Waals surface area contributed by atoms with Crippen LogP contribution in [0.2, 0.25) is 0 Å². The maximum Gasteiger partial charge on any atom is 0.337 e. The van der Waals surface area contributed by atoms with Crippen LogP contribution in [-0.2, 0) is 14.8 Å². The van der Waals surface area contributed by atoms with Crippen LogP contribution < -0.4 is 5.32 Å². The van der Waals surface area contributed by atoms with Gasteiger partial charge in [-0.25, -0.2) is 13.2 Å². The molecule has 1 saturated heterocycles. The van der Waals surface area contributed by atoms with Gasteiger partial charge in [0.1, 0.15) is 0 Å². The molecule has 1 aliphatic heterocycles. The van der Waals surface area contributed by atoms with Crippen LogP contribution in [0.5, 0.6) is 0 Å². The van der Waals surface area contributed by atoms with Crippen molar-refractivity contribution in [2.45, 2.75) is 24.7 Å². The van der Waals surface area contributed by atoms with Crippen molar-refractivity contribution in [2.24, 2.45) is 0 Å². The van der Waals surface area contributed by atoms with Crippen LogP contribution in [0, 0.1) is 6.92 Å². The van der Waals surface area contributed by atoms with E-state index in [0.29, 0.717) is 29.9 Å². The highest BCUT2D eigenvalue weighted by Crippen LogP contribution is 2.25. The Morgan fingerprint density at radius 1 is 1.04 bits per heavy atom. The fourth-order valence-corrected chi connectivity index (χ4v) is 4.90. The van der Waals surface area contributed by atoms with E-state index in [0.717, 1.165) is 12.8 Å². The van der Waals surface area contributed by atoms with Gasteiger partial charge in [-0.2, -0.15) is 4.31 Å². The molecule has 0 bridgehead atoms. The maximum absolute atomic E-state index is 12.9. The standard InChI is InChI=1S/C20H22N2O5S/c1-14-8-9-15(13-18(14)28(25,26)22-10-3-4-11-22)19(23)21-17-7-5-6-16(12-17)20(24)27-2/h5-9,12-13H,3-4,10-11H2,1-2H3,(H,21,23). The van der Waals surface area contributed by atoms with E-state index < -0.39 is 21.9 Å². The summed E-state index contributed by atoms with van der Waals surface area (Å²) in [6, 6.07) is 11.0. The molecule has 2 aromatic rings. The Hall–Kier alpha value is -2.71. The lowest BCUT2D eigenvalue weighted by Crippen LogP contribution is -2.28. The van der Waals surface area contributed by atoms with E-state index >= 15 is 0 Å². The SMILES string of the molecule is COC(=O)c1cccc(NC(=O)c2ccc(C)c(S(=O)(=O)N3CCCC3)c2)c1. The fourth-order valence-electron chi connectivity index (χ4n) is 3.13. The number of sulfonamides is 1. The summed E-state index contributed by atoms with van der Waals surface area (Å²) in [5.74, 6) is -0.967. The Labute approximate surface area is 164 Å². The van der Waals surface area contributed by atoms with Crippen LogP contribution in [-0.4, -0.2) is 44.8 Å². The van der Waals surface area contributed by atoms with Gasteiger partial charge >= 0.3 is 5.97 Å². The van der Waals surface area contributed by atoms with E-state index in [1.54, 1.807) is 37.3 Å². The fraction of sp³-hybridized carbons (Fsp3) is 0.300. The molecule has 0 unspecified atom stereocenters. The third kappa shape index (κ3) is 4.07. The highest BCUT2D eigenvalue weighted by atomic mass is 32.2. The molecule has 1 fully saturated rings. The van der Waals surface area contributed by atoms with E-state index in [4.69, 9.17) is 0 Å². The van der Waals surface area contributed by atoms with Crippen molar-refractivity contribution in [2.75, 3.05) is 25.5 Å². The van der Waals surface area contributed by atoms with Gasteiger partial charge in [-0.3, -0.25) is 4.79 Å². The Morgan fingerprint density at radius 2 is 1.75 bits per heavy atom. The van der Waals surface area contributed by atoms with Crippen molar-refractivity contribution in [3.8, 4) is 0 Å². The molecule has 0 radical (unpaired) electrons. The second kappa shape index (κ2) is 8.12. The maximum atomic E-state index is 12.9. The lowest BCUT2D eigenvalue weighted by Gasteiger charge is -2.18. The summed E-state index contributed by atoms with van der Waals surface area (Å²) in [5, 5.41) is 2.69. The van der Waals surface area contributed by atoms with E-state index in [-0.39, 0.29) is 10.5 Å². The van der Waals surface area contributed by atoms with Gasteiger partial charge in [0.25, 0.3) is 5.91 Å². The van der Waals surface area contributed by atoms with Gasteiger partial charge < -0.3 is 10.1 Å². The molecule has 0 aliphatic carbocycles. The molecule has 0 aromatic heterocycles. The summed E-state index contributed by atoms with van der Waals surface area (Å²) in [5.41, 5.74) is 1.54. The van der Waals surface area contributed by atoms with Crippen LogP contribution in [0.25, 0.3) is 0 Å². The van der Waals surface area contributed by atoms with Crippen molar-refractivity contribution in [3.63, 3.8) is 0 Å². The summed E-state index contributed by atoms with van der Waals surface area (Å²) < 4.78 is 31.9. The average molecular weight is 402 g/mol. The first-order chi connectivity index (χ1) is 13.3. The topological polar surface area (TPSA) is 92.8 Å². The summed E-state index contributed by atoms with van der Waals surface area (Å²) in [4.78, 5) is 24.4. The Morgan fingerprint density at radius 3 is 2.43 bits per heavy atom. The lowest BCUT2D eigenvalue weighted by molar-refractivity contribution is 0.0600. The van der Waals surface area contributed by atoms with Crippen LogP contribution in [0.3, 0.4) is 0 Å². The summed E-state index contributed by atoms with van der Waals surface area (Å²) >= 11 is 0. The molecule has 7 nitrogen and oxygen atoms in total. The number of aryl methyl sites for hydroxylation is 1. The number of hydrogen-bond acceptors (Lipinski definition) is 5. The number of anilines is 1. The molecule has 1 N–H and O–H groups in total. The first-order valence-electron chi connectivity index (χ1n) is 8.93. The zero-order valence-electron chi connectivity index (χ0n) is 15.8. The molecule has 1 aliphatic rings. The number of benzene rings is 2. The van der Waals surface area contributed by atoms with Gasteiger partial charge in [0.05, 0.1) is 17.6 Å². The van der Waals surface area contributed by atoms with Crippen molar-refractivity contribution in [1.29, 1.82) is 0 Å². The molecule has 28 heavy (non-hydrogen) atoms. The van der Waals surface area contributed by atoms with E-state index in [1.807, 2.05) is 0 Å².